The molecule has 1 atom stereocenters. The summed E-state index contributed by atoms with van der Waals surface area (Å²) in [5.41, 5.74) is 1.67. The highest BCUT2D eigenvalue weighted by Crippen LogP contribution is 2.20. The summed E-state index contributed by atoms with van der Waals surface area (Å²) in [7, 11) is 0. The Morgan fingerprint density at radius 3 is 2.88 bits per heavy atom. The molecular formula is C18H20ClFN4O. The second-order valence-electron chi connectivity index (χ2n) is 6.08. The van der Waals surface area contributed by atoms with Gasteiger partial charge < -0.3 is 15.1 Å². The predicted octanol–water partition coefficient (Wildman–Crippen LogP) is 3.29. The molecule has 2 aromatic rings. The molecule has 1 saturated heterocycles. The van der Waals surface area contributed by atoms with Crippen molar-refractivity contribution in [3.8, 4) is 0 Å². The van der Waals surface area contributed by atoms with E-state index in [1.165, 1.54) is 12.3 Å². The van der Waals surface area contributed by atoms with Crippen LogP contribution in [0.2, 0.25) is 5.02 Å². The number of anilines is 1. The zero-order chi connectivity index (χ0) is 17.8. The first-order valence-corrected chi connectivity index (χ1v) is 8.57. The fraction of sp³-hybridized carbons (Fsp3) is 0.333. The van der Waals surface area contributed by atoms with Gasteiger partial charge in [-0.05, 0) is 24.6 Å². The Hall–Kier alpha value is -2.34. The minimum absolute atomic E-state index is 0.0104. The van der Waals surface area contributed by atoms with E-state index < -0.39 is 5.95 Å². The summed E-state index contributed by atoms with van der Waals surface area (Å²) in [6, 6.07) is 10.5. The van der Waals surface area contributed by atoms with Gasteiger partial charge in [0.25, 0.3) is 0 Å². The van der Waals surface area contributed by atoms with E-state index in [1.54, 1.807) is 17.0 Å². The number of urea groups is 1. The van der Waals surface area contributed by atoms with Crippen molar-refractivity contribution in [1.29, 1.82) is 0 Å². The van der Waals surface area contributed by atoms with Crippen LogP contribution < -0.4 is 10.2 Å². The number of piperazine rings is 1. The fourth-order valence-electron chi connectivity index (χ4n) is 3.00. The van der Waals surface area contributed by atoms with Crippen LogP contribution in [0.1, 0.15) is 12.5 Å². The lowest BCUT2D eigenvalue weighted by Crippen LogP contribution is -2.56. The lowest BCUT2D eigenvalue weighted by Gasteiger charge is -2.40. The number of aromatic nitrogens is 1. The summed E-state index contributed by atoms with van der Waals surface area (Å²) < 4.78 is 13.3. The number of hydrogen-bond donors (Lipinski definition) is 1. The van der Waals surface area contributed by atoms with Crippen molar-refractivity contribution in [2.75, 3.05) is 24.5 Å². The van der Waals surface area contributed by atoms with E-state index in [9.17, 15) is 9.18 Å². The van der Waals surface area contributed by atoms with Gasteiger partial charge in [0.1, 0.15) is 0 Å². The molecule has 5 nitrogen and oxygen atoms in total. The van der Waals surface area contributed by atoms with E-state index in [2.05, 4.69) is 15.2 Å². The van der Waals surface area contributed by atoms with Crippen molar-refractivity contribution in [2.24, 2.45) is 0 Å². The molecule has 3 rings (SSSR count). The summed E-state index contributed by atoms with van der Waals surface area (Å²) in [5, 5.41) is 3.56. The topological polar surface area (TPSA) is 48.5 Å². The largest absolute Gasteiger partial charge is 0.368 e. The van der Waals surface area contributed by atoms with Gasteiger partial charge in [-0.3, -0.25) is 0 Å². The number of carbonyl (C=O) groups is 1. The third-order valence-corrected chi connectivity index (χ3v) is 4.72. The van der Waals surface area contributed by atoms with Crippen molar-refractivity contribution in [1.82, 2.24) is 15.2 Å². The minimum atomic E-state index is -0.495. The highest BCUT2D eigenvalue weighted by atomic mass is 35.5. The summed E-state index contributed by atoms with van der Waals surface area (Å²) in [5.74, 6) is -0.495. The van der Waals surface area contributed by atoms with E-state index in [4.69, 9.17) is 11.6 Å². The number of nitrogens with zero attached hydrogens (tertiary/aromatic N) is 3. The molecule has 1 aliphatic rings. The van der Waals surface area contributed by atoms with Gasteiger partial charge in [0.15, 0.2) is 0 Å². The number of amides is 2. The molecule has 0 saturated carbocycles. The van der Waals surface area contributed by atoms with Crippen molar-refractivity contribution < 1.29 is 9.18 Å². The van der Waals surface area contributed by atoms with Gasteiger partial charge in [0, 0.05) is 55.2 Å². The van der Waals surface area contributed by atoms with Crippen molar-refractivity contribution in [3.63, 3.8) is 0 Å². The molecule has 25 heavy (non-hydrogen) atoms. The average molecular weight is 363 g/mol. The van der Waals surface area contributed by atoms with E-state index in [1.807, 2.05) is 25.1 Å². The molecule has 7 heteroatoms. The summed E-state index contributed by atoms with van der Waals surface area (Å²) in [6.07, 6.45) is 1.46. The van der Waals surface area contributed by atoms with E-state index in [0.717, 1.165) is 11.3 Å². The van der Waals surface area contributed by atoms with Crippen LogP contribution in [0, 0.1) is 5.95 Å². The van der Waals surface area contributed by atoms with Crippen LogP contribution in [0.25, 0.3) is 0 Å². The molecule has 1 fully saturated rings. The zero-order valence-corrected chi connectivity index (χ0v) is 14.7. The first-order valence-electron chi connectivity index (χ1n) is 8.19. The van der Waals surface area contributed by atoms with Gasteiger partial charge >= 0.3 is 6.03 Å². The third kappa shape index (κ3) is 4.20. The monoisotopic (exact) mass is 362 g/mol. The van der Waals surface area contributed by atoms with Crippen LogP contribution in [0.5, 0.6) is 0 Å². The number of carbonyl (C=O) groups excluding carboxylic acids is 1. The Morgan fingerprint density at radius 2 is 2.16 bits per heavy atom. The second kappa shape index (κ2) is 7.70. The maximum atomic E-state index is 13.3. The Labute approximate surface area is 151 Å². The normalized spacial score (nSPS) is 17.5. The van der Waals surface area contributed by atoms with Gasteiger partial charge in [-0.15, -0.1) is 0 Å². The number of pyridine rings is 1. The molecule has 0 radical (unpaired) electrons. The van der Waals surface area contributed by atoms with Crippen LogP contribution >= 0.6 is 11.6 Å². The molecular weight excluding hydrogens is 343 g/mol. The van der Waals surface area contributed by atoms with Gasteiger partial charge in [-0.1, -0.05) is 29.8 Å². The van der Waals surface area contributed by atoms with E-state index in [0.29, 0.717) is 31.2 Å². The first kappa shape index (κ1) is 17.5. The Bertz CT molecular complexity index is 757. The zero-order valence-electron chi connectivity index (χ0n) is 14.0. The van der Waals surface area contributed by atoms with Gasteiger partial charge in [0.05, 0.1) is 0 Å². The van der Waals surface area contributed by atoms with Crippen LogP contribution in [0.4, 0.5) is 14.9 Å². The number of rotatable bonds is 3. The molecule has 1 aromatic heterocycles. The lowest BCUT2D eigenvalue weighted by molar-refractivity contribution is 0.171. The maximum absolute atomic E-state index is 13.3. The molecule has 1 aromatic carbocycles. The lowest BCUT2D eigenvalue weighted by atomic mass is 10.2. The van der Waals surface area contributed by atoms with Crippen LogP contribution in [0.3, 0.4) is 0 Å². The standard InChI is InChI=1S/C18H20ClFN4O/c1-13-12-23(15-6-7-21-17(20)10-15)8-9-24(13)18(25)22-11-14-4-2-3-5-16(14)19/h2-7,10,13H,8-9,11-12H2,1H3,(H,22,25)/t13-/m1/s1. The van der Waals surface area contributed by atoms with E-state index >= 15 is 0 Å². The van der Waals surface area contributed by atoms with Crippen LogP contribution in [0.15, 0.2) is 42.6 Å². The smallest absolute Gasteiger partial charge is 0.318 e. The molecule has 1 N–H and O–H groups in total. The van der Waals surface area contributed by atoms with Crippen molar-refractivity contribution >= 4 is 23.3 Å². The van der Waals surface area contributed by atoms with Gasteiger partial charge in [0.2, 0.25) is 5.95 Å². The van der Waals surface area contributed by atoms with Gasteiger partial charge in [-0.2, -0.15) is 4.39 Å². The van der Waals surface area contributed by atoms with Crippen LogP contribution in [-0.2, 0) is 6.54 Å². The summed E-state index contributed by atoms with van der Waals surface area (Å²) in [4.78, 5) is 19.9. The number of halogens is 2. The molecule has 132 valence electrons. The van der Waals surface area contributed by atoms with Gasteiger partial charge in [-0.25, -0.2) is 9.78 Å². The maximum Gasteiger partial charge on any atom is 0.318 e. The molecule has 0 unspecified atom stereocenters. The fourth-order valence-corrected chi connectivity index (χ4v) is 3.20. The number of benzene rings is 1. The van der Waals surface area contributed by atoms with Crippen LogP contribution in [-0.4, -0.2) is 41.6 Å². The highest BCUT2D eigenvalue weighted by molar-refractivity contribution is 6.31. The molecule has 0 bridgehead atoms. The molecule has 0 aliphatic carbocycles. The quantitative estimate of drug-likeness (QED) is 0.852. The molecule has 1 aliphatic heterocycles. The third-order valence-electron chi connectivity index (χ3n) is 4.35. The Morgan fingerprint density at radius 1 is 1.36 bits per heavy atom. The second-order valence-corrected chi connectivity index (χ2v) is 6.48. The minimum Gasteiger partial charge on any atom is -0.368 e. The highest BCUT2D eigenvalue weighted by Gasteiger charge is 2.27. The molecule has 2 amide bonds. The summed E-state index contributed by atoms with van der Waals surface area (Å²) >= 11 is 6.11. The van der Waals surface area contributed by atoms with Crippen molar-refractivity contribution in [3.05, 3.63) is 59.1 Å². The predicted molar refractivity (Wildman–Crippen MR) is 96.3 cm³/mol. The van der Waals surface area contributed by atoms with Crippen molar-refractivity contribution in [2.45, 2.75) is 19.5 Å². The summed E-state index contributed by atoms with van der Waals surface area (Å²) in [6.45, 7) is 4.23. The average Bonchev–Trinajstić information content (AvgIpc) is 2.60. The SMILES string of the molecule is C[C@@H]1CN(c2ccnc(F)c2)CCN1C(=O)NCc1ccccc1Cl. The Balaban J connectivity index is 1.57. The number of nitrogens with one attached hydrogen (secondary N) is 1. The molecule has 0 spiro atoms. The number of hydrogen-bond acceptors (Lipinski definition) is 3. The Kier molecular flexibility index (Phi) is 5.38. The first-order chi connectivity index (χ1) is 12.0. The molecule has 2 heterocycles. The van der Waals surface area contributed by atoms with E-state index in [-0.39, 0.29) is 12.1 Å².